The molecule has 3 rings (SSSR count). The van der Waals surface area contributed by atoms with Crippen LogP contribution in [0.5, 0.6) is 0 Å². The fraction of sp³-hybridized carbons (Fsp3) is 0.188. The Morgan fingerprint density at radius 1 is 1.22 bits per heavy atom. The van der Waals surface area contributed by atoms with Gasteiger partial charge in [-0.3, -0.25) is 4.79 Å². The lowest BCUT2D eigenvalue weighted by molar-refractivity contribution is -0.146. The molecular formula is C16H14O2. The molecule has 0 amide bonds. The molecule has 0 saturated heterocycles. The maximum Gasteiger partial charge on any atom is 0.306 e. The van der Waals surface area contributed by atoms with Gasteiger partial charge in [-0.1, -0.05) is 49.4 Å². The van der Waals surface area contributed by atoms with Gasteiger partial charge in [0.05, 0.1) is 0 Å². The lowest BCUT2D eigenvalue weighted by Crippen LogP contribution is -2.07. The van der Waals surface area contributed by atoms with E-state index in [1.54, 1.807) is 0 Å². The fourth-order valence-corrected chi connectivity index (χ4v) is 2.39. The number of ether oxygens (including phenoxy) is 1. The van der Waals surface area contributed by atoms with Gasteiger partial charge < -0.3 is 4.74 Å². The van der Waals surface area contributed by atoms with Crippen molar-refractivity contribution in [2.45, 2.75) is 19.4 Å². The standard InChI is InChI=1S/C16H14O2/c1-2-15(17)18-14-10-9-12-8-7-11-5-3-4-6-13(11)16(12)14/h3-10,14H,2H2,1H3. The zero-order chi connectivity index (χ0) is 12.5. The van der Waals surface area contributed by atoms with Gasteiger partial charge in [0.1, 0.15) is 6.10 Å². The summed E-state index contributed by atoms with van der Waals surface area (Å²) in [5.74, 6) is -0.162. The first-order chi connectivity index (χ1) is 8.79. The number of hydrogen-bond acceptors (Lipinski definition) is 2. The van der Waals surface area contributed by atoms with E-state index in [-0.39, 0.29) is 12.1 Å². The van der Waals surface area contributed by atoms with E-state index in [0.29, 0.717) is 6.42 Å². The zero-order valence-electron chi connectivity index (χ0n) is 10.2. The van der Waals surface area contributed by atoms with E-state index in [2.05, 4.69) is 24.3 Å². The number of hydrogen-bond donors (Lipinski definition) is 0. The van der Waals surface area contributed by atoms with Gasteiger partial charge in [0.25, 0.3) is 0 Å². The molecule has 0 radical (unpaired) electrons. The molecule has 1 atom stereocenters. The molecule has 0 fully saturated rings. The lowest BCUT2D eigenvalue weighted by Gasteiger charge is -2.14. The first-order valence-electron chi connectivity index (χ1n) is 6.19. The SMILES string of the molecule is CCC(=O)OC1C=Cc2ccc3ccccc3c21. The van der Waals surface area contributed by atoms with Crippen molar-refractivity contribution in [3.63, 3.8) is 0 Å². The Balaban J connectivity index is 2.10. The molecule has 90 valence electrons. The van der Waals surface area contributed by atoms with Crippen LogP contribution in [0.2, 0.25) is 0 Å². The molecule has 2 nitrogen and oxygen atoms in total. The third-order valence-electron chi connectivity index (χ3n) is 3.29. The van der Waals surface area contributed by atoms with Crippen molar-refractivity contribution in [3.05, 3.63) is 53.6 Å². The molecule has 0 aromatic heterocycles. The minimum Gasteiger partial charge on any atom is -0.453 e. The molecule has 0 N–H and O–H groups in total. The summed E-state index contributed by atoms with van der Waals surface area (Å²) in [7, 11) is 0. The Morgan fingerprint density at radius 2 is 2.06 bits per heavy atom. The number of esters is 1. The summed E-state index contributed by atoms with van der Waals surface area (Å²) in [5.41, 5.74) is 2.25. The number of carbonyl (C=O) groups is 1. The average molecular weight is 238 g/mol. The van der Waals surface area contributed by atoms with E-state index in [4.69, 9.17) is 4.74 Å². The zero-order valence-corrected chi connectivity index (χ0v) is 10.2. The Labute approximate surface area is 106 Å². The van der Waals surface area contributed by atoms with Crippen LogP contribution in [-0.4, -0.2) is 5.97 Å². The largest absolute Gasteiger partial charge is 0.453 e. The molecule has 2 aromatic carbocycles. The summed E-state index contributed by atoms with van der Waals surface area (Å²) in [6.45, 7) is 1.81. The van der Waals surface area contributed by atoms with Crippen molar-refractivity contribution < 1.29 is 9.53 Å². The predicted octanol–water partition coefficient (Wildman–Crippen LogP) is 3.86. The highest BCUT2D eigenvalue weighted by atomic mass is 16.5. The van der Waals surface area contributed by atoms with Gasteiger partial charge in [0, 0.05) is 12.0 Å². The van der Waals surface area contributed by atoms with Gasteiger partial charge in [-0.25, -0.2) is 0 Å². The van der Waals surface area contributed by atoms with Crippen molar-refractivity contribution in [3.8, 4) is 0 Å². The maximum atomic E-state index is 11.5. The van der Waals surface area contributed by atoms with Gasteiger partial charge in [-0.15, -0.1) is 0 Å². The molecule has 0 spiro atoms. The Morgan fingerprint density at radius 3 is 2.89 bits per heavy atom. The molecule has 2 heteroatoms. The Kier molecular flexibility index (Phi) is 2.63. The third-order valence-corrected chi connectivity index (χ3v) is 3.29. The van der Waals surface area contributed by atoms with Crippen LogP contribution >= 0.6 is 0 Å². The molecular weight excluding hydrogens is 224 g/mol. The molecule has 1 aliphatic rings. The quantitative estimate of drug-likeness (QED) is 0.742. The predicted molar refractivity (Wildman–Crippen MR) is 72.1 cm³/mol. The van der Waals surface area contributed by atoms with Crippen LogP contribution in [-0.2, 0) is 9.53 Å². The fourth-order valence-electron chi connectivity index (χ4n) is 2.39. The highest BCUT2D eigenvalue weighted by molar-refractivity contribution is 5.91. The van der Waals surface area contributed by atoms with Crippen molar-refractivity contribution in [1.82, 2.24) is 0 Å². The van der Waals surface area contributed by atoms with Gasteiger partial charge in [0.15, 0.2) is 0 Å². The van der Waals surface area contributed by atoms with E-state index in [0.717, 1.165) is 16.5 Å². The summed E-state index contributed by atoms with van der Waals surface area (Å²) in [6.07, 6.45) is 4.14. The molecule has 1 unspecified atom stereocenters. The second-order valence-electron chi connectivity index (χ2n) is 4.41. The first-order valence-corrected chi connectivity index (χ1v) is 6.19. The molecule has 0 aliphatic heterocycles. The number of benzene rings is 2. The normalized spacial score (nSPS) is 16.8. The Bertz CT molecular complexity index is 641. The molecule has 18 heavy (non-hydrogen) atoms. The van der Waals surface area contributed by atoms with Gasteiger partial charge in [-0.2, -0.15) is 0 Å². The lowest BCUT2D eigenvalue weighted by atomic mass is 9.99. The van der Waals surface area contributed by atoms with Gasteiger partial charge in [-0.05, 0) is 22.4 Å². The molecule has 0 bridgehead atoms. The van der Waals surface area contributed by atoms with Crippen LogP contribution in [0.1, 0.15) is 30.6 Å². The van der Waals surface area contributed by atoms with Crippen LogP contribution in [0.25, 0.3) is 16.8 Å². The van der Waals surface area contributed by atoms with Crippen molar-refractivity contribution in [2.24, 2.45) is 0 Å². The van der Waals surface area contributed by atoms with E-state index in [9.17, 15) is 4.79 Å². The highest BCUT2D eigenvalue weighted by Gasteiger charge is 2.22. The number of rotatable bonds is 2. The summed E-state index contributed by atoms with van der Waals surface area (Å²) >= 11 is 0. The highest BCUT2D eigenvalue weighted by Crippen LogP contribution is 2.36. The number of carbonyl (C=O) groups excluding carboxylic acids is 1. The second kappa shape index (κ2) is 4.30. The molecule has 0 saturated carbocycles. The van der Waals surface area contributed by atoms with E-state index in [1.165, 1.54) is 5.39 Å². The van der Waals surface area contributed by atoms with Crippen molar-refractivity contribution in [2.75, 3.05) is 0 Å². The summed E-state index contributed by atoms with van der Waals surface area (Å²) in [6, 6.07) is 12.4. The van der Waals surface area contributed by atoms with E-state index < -0.39 is 0 Å². The summed E-state index contributed by atoms with van der Waals surface area (Å²) < 4.78 is 5.47. The van der Waals surface area contributed by atoms with E-state index >= 15 is 0 Å². The Hall–Kier alpha value is -2.09. The van der Waals surface area contributed by atoms with Crippen LogP contribution in [0.4, 0.5) is 0 Å². The molecule has 1 aliphatic carbocycles. The monoisotopic (exact) mass is 238 g/mol. The topological polar surface area (TPSA) is 26.3 Å². The number of fused-ring (bicyclic) bond motifs is 3. The maximum absolute atomic E-state index is 11.5. The van der Waals surface area contributed by atoms with Crippen LogP contribution < -0.4 is 0 Å². The summed E-state index contributed by atoms with van der Waals surface area (Å²) in [5, 5.41) is 2.34. The molecule has 0 heterocycles. The smallest absolute Gasteiger partial charge is 0.306 e. The first kappa shape index (κ1) is 11.0. The van der Waals surface area contributed by atoms with Crippen LogP contribution in [0.3, 0.4) is 0 Å². The van der Waals surface area contributed by atoms with Gasteiger partial charge in [0.2, 0.25) is 0 Å². The average Bonchev–Trinajstić information content (AvgIpc) is 2.82. The van der Waals surface area contributed by atoms with Crippen LogP contribution in [0, 0.1) is 0 Å². The van der Waals surface area contributed by atoms with E-state index in [1.807, 2.05) is 31.2 Å². The third kappa shape index (κ3) is 1.70. The second-order valence-corrected chi connectivity index (χ2v) is 4.41. The van der Waals surface area contributed by atoms with Gasteiger partial charge >= 0.3 is 5.97 Å². The summed E-state index contributed by atoms with van der Waals surface area (Å²) in [4.78, 5) is 11.5. The minimum absolute atomic E-state index is 0.162. The van der Waals surface area contributed by atoms with Crippen molar-refractivity contribution >= 4 is 22.8 Å². The van der Waals surface area contributed by atoms with Crippen molar-refractivity contribution in [1.29, 1.82) is 0 Å². The molecule has 2 aromatic rings. The van der Waals surface area contributed by atoms with Crippen LogP contribution in [0.15, 0.2) is 42.5 Å². The minimum atomic E-state index is -0.237.